The Morgan fingerprint density at radius 1 is 1.30 bits per heavy atom. The molecule has 0 spiro atoms. The molecule has 2 fully saturated rings. The summed E-state index contributed by atoms with van der Waals surface area (Å²) in [5, 5.41) is 21.0. The van der Waals surface area contributed by atoms with E-state index < -0.39 is 6.10 Å². The lowest BCUT2D eigenvalue weighted by molar-refractivity contribution is -0.124. The zero-order valence-electron chi connectivity index (χ0n) is 17.5. The van der Waals surface area contributed by atoms with Crippen LogP contribution in [0, 0.1) is 6.92 Å². The van der Waals surface area contributed by atoms with E-state index in [1.807, 2.05) is 25.4 Å². The fourth-order valence-electron chi connectivity index (χ4n) is 4.21. The quantitative estimate of drug-likeness (QED) is 0.592. The number of amides is 1. The highest BCUT2D eigenvalue weighted by atomic mass is 16.6. The van der Waals surface area contributed by atoms with Gasteiger partial charge >= 0.3 is 0 Å². The Kier molecular flexibility index (Phi) is 6.48. The molecule has 30 heavy (non-hydrogen) atoms. The molecular formula is C22H30N4O4. The number of aliphatic hydroxyl groups excluding tert-OH is 1. The van der Waals surface area contributed by atoms with Crippen molar-refractivity contribution < 1.29 is 19.4 Å². The summed E-state index contributed by atoms with van der Waals surface area (Å²) in [5.74, 6) is -0.0743. The molecule has 0 saturated carbocycles. The minimum atomic E-state index is -0.692. The summed E-state index contributed by atoms with van der Waals surface area (Å²) in [5.41, 5.74) is 3.43. The van der Waals surface area contributed by atoms with Crippen molar-refractivity contribution in [1.82, 2.24) is 20.4 Å². The van der Waals surface area contributed by atoms with Gasteiger partial charge in [0.25, 0.3) is 0 Å². The Hall–Kier alpha value is -2.26. The molecule has 8 heteroatoms. The lowest BCUT2D eigenvalue weighted by Gasteiger charge is -2.20. The highest BCUT2D eigenvalue weighted by molar-refractivity contribution is 5.76. The second kappa shape index (κ2) is 9.26. The van der Waals surface area contributed by atoms with Crippen molar-refractivity contribution in [2.45, 2.75) is 63.4 Å². The Morgan fingerprint density at radius 3 is 2.87 bits per heavy atom. The molecule has 0 bridgehead atoms. The van der Waals surface area contributed by atoms with Gasteiger partial charge in [0.05, 0.1) is 30.9 Å². The highest BCUT2D eigenvalue weighted by Crippen LogP contribution is 2.35. The first-order chi connectivity index (χ1) is 14.5. The third-order valence-electron chi connectivity index (χ3n) is 5.86. The molecule has 4 rings (SSSR count). The van der Waals surface area contributed by atoms with Gasteiger partial charge < -0.3 is 25.2 Å². The van der Waals surface area contributed by atoms with E-state index >= 15 is 0 Å². The van der Waals surface area contributed by atoms with Crippen LogP contribution in [0.25, 0.3) is 0 Å². The van der Waals surface area contributed by atoms with Crippen LogP contribution in [-0.2, 0) is 34.4 Å². The second-order valence-electron chi connectivity index (χ2n) is 8.22. The van der Waals surface area contributed by atoms with Gasteiger partial charge in [0.2, 0.25) is 5.91 Å². The number of aryl methyl sites for hydroxylation is 2. The number of nitrogens with one attached hydrogen (secondary N) is 2. The summed E-state index contributed by atoms with van der Waals surface area (Å²) in [6.07, 6.45) is 2.72. The van der Waals surface area contributed by atoms with Crippen molar-refractivity contribution in [1.29, 1.82) is 0 Å². The summed E-state index contributed by atoms with van der Waals surface area (Å²) in [6, 6.07) is 8.23. The first-order valence-corrected chi connectivity index (χ1v) is 10.5. The van der Waals surface area contributed by atoms with Gasteiger partial charge in [-0.25, -0.2) is 0 Å². The van der Waals surface area contributed by atoms with Crippen LogP contribution in [0.15, 0.2) is 36.7 Å². The maximum atomic E-state index is 12.2. The number of hydrogen-bond acceptors (Lipinski definition) is 6. The molecule has 5 atom stereocenters. The van der Waals surface area contributed by atoms with Crippen molar-refractivity contribution in [2.75, 3.05) is 6.54 Å². The molecule has 1 aromatic heterocycles. The number of hydrogen-bond donors (Lipinski definition) is 3. The summed E-state index contributed by atoms with van der Waals surface area (Å²) in [4.78, 5) is 12.2. The smallest absolute Gasteiger partial charge is 0.222 e. The number of fused-ring (bicyclic) bond motifs is 1. The fraction of sp³-hybridized carbons (Fsp3) is 0.545. The van der Waals surface area contributed by atoms with E-state index in [0.717, 1.165) is 12.1 Å². The van der Waals surface area contributed by atoms with Gasteiger partial charge in [-0.05, 0) is 18.1 Å². The summed E-state index contributed by atoms with van der Waals surface area (Å²) in [6.45, 7) is 3.82. The van der Waals surface area contributed by atoms with Gasteiger partial charge in [-0.3, -0.25) is 9.48 Å². The lowest BCUT2D eigenvalue weighted by atomic mass is 10.1. The van der Waals surface area contributed by atoms with Gasteiger partial charge in [-0.1, -0.05) is 24.3 Å². The van der Waals surface area contributed by atoms with Gasteiger partial charge in [0.15, 0.2) is 0 Å². The van der Waals surface area contributed by atoms with Gasteiger partial charge in [0.1, 0.15) is 12.2 Å². The number of benzene rings is 1. The third-order valence-corrected chi connectivity index (χ3v) is 5.86. The van der Waals surface area contributed by atoms with E-state index in [1.54, 1.807) is 10.9 Å². The molecule has 0 unspecified atom stereocenters. The molecule has 2 aliphatic heterocycles. The van der Waals surface area contributed by atoms with Crippen molar-refractivity contribution >= 4 is 5.91 Å². The Balaban J connectivity index is 1.19. The van der Waals surface area contributed by atoms with Crippen molar-refractivity contribution in [3.8, 4) is 0 Å². The van der Waals surface area contributed by atoms with E-state index in [2.05, 4.69) is 34.8 Å². The predicted molar refractivity (Wildman–Crippen MR) is 111 cm³/mol. The van der Waals surface area contributed by atoms with Crippen LogP contribution in [0.5, 0.6) is 0 Å². The van der Waals surface area contributed by atoms with Gasteiger partial charge in [-0.2, -0.15) is 5.10 Å². The molecule has 3 N–H and O–H groups in total. The lowest BCUT2D eigenvalue weighted by Crippen LogP contribution is -2.39. The summed E-state index contributed by atoms with van der Waals surface area (Å²) < 4.78 is 13.7. The fourth-order valence-corrected chi connectivity index (χ4v) is 4.21. The van der Waals surface area contributed by atoms with E-state index in [0.29, 0.717) is 19.5 Å². The van der Waals surface area contributed by atoms with E-state index in [1.165, 1.54) is 11.1 Å². The molecule has 2 aromatic rings. The van der Waals surface area contributed by atoms with Crippen molar-refractivity contribution in [3.05, 3.63) is 53.3 Å². The minimum Gasteiger partial charge on any atom is -0.388 e. The zero-order valence-corrected chi connectivity index (χ0v) is 17.5. The summed E-state index contributed by atoms with van der Waals surface area (Å²) >= 11 is 0. The van der Waals surface area contributed by atoms with E-state index in [4.69, 9.17) is 9.47 Å². The number of nitrogens with zero attached hydrogens (tertiary/aromatic N) is 2. The minimum absolute atomic E-state index is 0.0743. The monoisotopic (exact) mass is 414 g/mol. The first-order valence-electron chi connectivity index (χ1n) is 10.5. The van der Waals surface area contributed by atoms with Crippen LogP contribution in [0.3, 0.4) is 0 Å². The molecule has 1 aromatic carbocycles. The maximum absolute atomic E-state index is 12.2. The van der Waals surface area contributed by atoms with Crippen LogP contribution in [0.1, 0.15) is 29.5 Å². The van der Waals surface area contributed by atoms with Crippen LogP contribution >= 0.6 is 0 Å². The topological polar surface area (TPSA) is 97.6 Å². The average molecular weight is 415 g/mol. The number of ether oxygens (including phenoxy) is 2. The molecule has 2 aliphatic rings. The number of aliphatic hydroxyl groups is 1. The molecule has 2 saturated heterocycles. The van der Waals surface area contributed by atoms with Gasteiger partial charge in [0, 0.05) is 44.9 Å². The number of carbonyl (C=O) groups is 1. The average Bonchev–Trinajstić information content (AvgIpc) is 3.39. The van der Waals surface area contributed by atoms with Gasteiger partial charge in [-0.15, -0.1) is 0 Å². The number of aromatic nitrogens is 2. The third kappa shape index (κ3) is 4.89. The Morgan fingerprint density at radius 2 is 2.13 bits per heavy atom. The largest absolute Gasteiger partial charge is 0.388 e. The molecular weight excluding hydrogens is 384 g/mol. The van der Waals surface area contributed by atoms with Crippen molar-refractivity contribution in [3.63, 3.8) is 0 Å². The maximum Gasteiger partial charge on any atom is 0.222 e. The first kappa shape index (κ1) is 21.0. The van der Waals surface area contributed by atoms with Crippen LogP contribution in [0.4, 0.5) is 0 Å². The molecule has 162 valence electrons. The molecule has 0 aliphatic carbocycles. The molecule has 8 nitrogen and oxygen atoms in total. The van der Waals surface area contributed by atoms with Crippen LogP contribution in [0.2, 0.25) is 0 Å². The van der Waals surface area contributed by atoms with Crippen LogP contribution < -0.4 is 10.6 Å². The standard InChI is InChI=1S/C22H30N4O4/c1-14-5-3-4-6-16(14)11-23-12-19-21(28)22-18(30-19)7-17(29-22)8-20(27)24-9-15-10-25-26(2)13-15/h3-6,10,13,17-19,21-23,28H,7-9,11-12H2,1-2H3,(H,24,27)/t17-,18+,19+,21+,22-/m0/s1. The number of rotatable bonds is 8. The van der Waals surface area contributed by atoms with Crippen molar-refractivity contribution in [2.24, 2.45) is 7.05 Å². The zero-order chi connectivity index (χ0) is 21.1. The molecule has 3 heterocycles. The molecule has 1 amide bonds. The molecule has 0 radical (unpaired) electrons. The normalized spacial score (nSPS) is 27.9. The van der Waals surface area contributed by atoms with Crippen LogP contribution in [-0.4, -0.2) is 57.9 Å². The summed E-state index contributed by atoms with van der Waals surface area (Å²) in [7, 11) is 1.84. The number of carbonyl (C=O) groups excluding carboxylic acids is 1. The second-order valence-corrected chi connectivity index (χ2v) is 8.22. The Labute approximate surface area is 176 Å². The highest BCUT2D eigenvalue weighted by Gasteiger charge is 2.50. The van der Waals surface area contributed by atoms with E-state index in [-0.39, 0.29) is 36.7 Å². The van der Waals surface area contributed by atoms with E-state index in [9.17, 15) is 9.90 Å². The SMILES string of the molecule is Cc1ccccc1CNC[C@H]1O[C@@H]2C[C@@H](CC(=O)NCc3cnn(C)c3)O[C@@H]2[C@@H]1O. The Bertz CT molecular complexity index is 870. The predicted octanol–water partition coefficient (Wildman–Crippen LogP) is 0.810.